The number of ketones is 1. The number of hydrogen-bond donors (Lipinski definition) is 0. The Bertz CT molecular complexity index is 1300. The molecule has 0 saturated carbocycles. The molecule has 1 aliphatic heterocycles. The summed E-state index contributed by atoms with van der Waals surface area (Å²) in [4.78, 5) is 51.6. The summed E-state index contributed by atoms with van der Waals surface area (Å²) in [5.41, 5.74) is 1.24. The van der Waals surface area contributed by atoms with Crippen molar-refractivity contribution >= 4 is 46.4 Å². The number of carbonyl (C=O) groups excluding carboxylic acids is 4. The van der Waals surface area contributed by atoms with E-state index in [-0.39, 0.29) is 46.4 Å². The summed E-state index contributed by atoms with van der Waals surface area (Å²) in [5, 5.41) is 15.2. The fourth-order valence-electron chi connectivity index (χ4n) is 3.69. The van der Waals surface area contributed by atoms with Crippen LogP contribution in [-0.4, -0.2) is 42.6 Å². The van der Waals surface area contributed by atoms with Crippen molar-refractivity contribution in [3.05, 3.63) is 62.9 Å². The number of nitrogens with zero attached hydrogens (tertiary/aromatic N) is 3. The van der Waals surface area contributed by atoms with Gasteiger partial charge in [-0.05, 0) is 51.5 Å². The molecule has 0 saturated heterocycles. The second-order valence-corrected chi connectivity index (χ2v) is 8.90. The Kier molecular flexibility index (Phi) is 8.51. The molecule has 1 aromatic heterocycles. The maximum atomic E-state index is 13.1. The van der Waals surface area contributed by atoms with Gasteiger partial charge in [-0.25, -0.2) is 9.59 Å². The number of benzene rings is 1. The molecule has 36 heavy (non-hydrogen) atoms. The number of rotatable bonds is 9. The lowest BCUT2D eigenvalue weighted by molar-refractivity contribution is -0.118. The van der Waals surface area contributed by atoms with E-state index in [1.54, 1.807) is 52.0 Å². The highest BCUT2D eigenvalue weighted by Gasteiger charge is 2.34. The van der Waals surface area contributed by atoms with Crippen LogP contribution in [0.3, 0.4) is 0 Å². The van der Waals surface area contributed by atoms with Crippen molar-refractivity contribution in [2.24, 2.45) is 11.0 Å². The highest BCUT2D eigenvalue weighted by Crippen LogP contribution is 2.31. The third kappa shape index (κ3) is 5.42. The zero-order valence-corrected chi connectivity index (χ0v) is 21.2. The molecule has 1 unspecified atom stereocenters. The van der Waals surface area contributed by atoms with Gasteiger partial charge in [0.2, 0.25) is 0 Å². The van der Waals surface area contributed by atoms with Gasteiger partial charge in [-0.1, -0.05) is 18.2 Å². The van der Waals surface area contributed by atoms with Crippen LogP contribution in [0.2, 0.25) is 0 Å². The summed E-state index contributed by atoms with van der Waals surface area (Å²) >= 11 is 0.954. The van der Waals surface area contributed by atoms with Gasteiger partial charge in [0.1, 0.15) is 10.9 Å². The van der Waals surface area contributed by atoms with Gasteiger partial charge in [0, 0.05) is 11.3 Å². The first-order valence-corrected chi connectivity index (χ1v) is 12.1. The van der Waals surface area contributed by atoms with E-state index in [9.17, 15) is 24.4 Å². The van der Waals surface area contributed by atoms with Crippen LogP contribution in [0.25, 0.3) is 0 Å². The monoisotopic (exact) mass is 507 g/mol. The van der Waals surface area contributed by atoms with E-state index in [0.717, 1.165) is 11.3 Å². The minimum absolute atomic E-state index is 0.111. The molecule has 0 N–H and O–H groups in total. The van der Waals surface area contributed by atoms with Crippen molar-refractivity contribution in [1.29, 1.82) is 5.26 Å². The topological polar surface area (TPSA) is 126 Å². The number of amides is 1. The number of anilines is 1. The van der Waals surface area contributed by atoms with Gasteiger partial charge in [-0.2, -0.15) is 15.4 Å². The summed E-state index contributed by atoms with van der Waals surface area (Å²) in [5.74, 6) is -3.14. The molecule has 1 amide bonds. The quantitative estimate of drug-likeness (QED) is 0.285. The van der Waals surface area contributed by atoms with Gasteiger partial charge in [-0.15, -0.1) is 11.3 Å². The largest absolute Gasteiger partial charge is 0.462 e. The molecule has 0 spiro atoms. The van der Waals surface area contributed by atoms with Crippen LogP contribution < -0.4 is 5.01 Å². The minimum atomic E-state index is -0.881. The van der Waals surface area contributed by atoms with Gasteiger partial charge in [0.25, 0.3) is 5.91 Å². The molecule has 0 bridgehead atoms. The molecule has 0 fully saturated rings. The standard InChI is InChI=1S/C26H25N3O6S/c1-5-34-25(32)22-15(3)23(26(33)35-6-2)36-21(22)13-20(30)17(14-27)12-19-16(4)28-29(24(19)31)18-10-8-7-9-11-18/h7-12,19H,5-6,13H2,1-4H3. The molecule has 3 rings (SSSR count). The maximum absolute atomic E-state index is 13.1. The van der Waals surface area contributed by atoms with E-state index in [1.807, 2.05) is 12.1 Å². The first-order chi connectivity index (χ1) is 17.2. The van der Waals surface area contributed by atoms with Crippen molar-refractivity contribution in [3.63, 3.8) is 0 Å². The molecule has 0 radical (unpaired) electrons. The maximum Gasteiger partial charge on any atom is 0.348 e. The number of nitriles is 1. The molecular formula is C26H25N3O6S. The summed E-state index contributed by atoms with van der Waals surface area (Å²) in [6.45, 7) is 6.80. The van der Waals surface area contributed by atoms with Crippen LogP contribution >= 0.6 is 11.3 Å². The second kappa shape index (κ2) is 11.6. The molecule has 1 atom stereocenters. The summed E-state index contributed by atoms with van der Waals surface area (Å²) in [6, 6.07) is 10.7. The van der Waals surface area contributed by atoms with E-state index in [2.05, 4.69) is 5.10 Å². The number of carbonyl (C=O) groups is 4. The predicted molar refractivity (Wildman–Crippen MR) is 134 cm³/mol. The molecule has 9 nitrogen and oxygen atoms in total. The third-order valence-corrected chi connectivity index (χ3v) is 6.69. The molecule has 2 aromatic rings. The number of allylic oxidation sites excluding steroid dienone is 1. The van der Waals surface area contributed by atoms with E-state index < -0.39 is 23.6 Å². The van der Waals surface area contributed by atoms with E-state index in [4.69, 9.17) is 9.47 Å². The summed E-state index contributed by atoms with van der Waals surface area (Å²) < 4.78 is 10.2. The number of para-hydroxylation sites is 1. The van der Waals surface area contributed by atoms with Crippen molar-refractivity contribution < 1.29 is 28.7 Å². The lowest BCUT2D eigenvalue weighted by Crippen LogP contribution is -2.26. The smallest absolute Gasteiger partial charge is 0.348 e. The molecule has 0 aliphatic carbocycles. The van der Waals surface area contributed by atoms with Crippen molar-refractivity contribution in [2.75, 3.05) is 18.2 Å². The number of esters is 2. The first kappa shape index (κ1) is 26.5. The zero-order valence-electron chi connectivity index (χ0n) is 20.4. The van der Waals surface area contributed by atoms with E-state index in [0.29, 0.717) is 17.0 Å². The number of hydrazone groups is 1. The van der Waals surface area contributed by atoms with Gasteiger partial charge >= 0.3 is 11.9 Å². The van der Waals surface area contributed by atoms with E-state index >= 15 is 0 Å². The number of hydrogen-bond acceptors (Lipinski definition) is 9. The average molecular weight is 508 g/mol. The highest BCUT2D eigenvalue weighted by molar-refractivity contribution is 7.14. The van der Waals surface area contributed by atoms with Gasteiger partial charge in [-0.3, -0.25) is 9.59 Å². The van der Waals surface area contributed by atoms with E-state index in [1.165, 1.54) is 11.1 Å². The molecule has 186 valence electrons. The van der Waals surface area contributed by atoms with Crippen LogP contribution in [0.15, 0.2) is 47.1 Å². The van der Waals surface area contributed by atoms with Gasteiger partial charge in [0.15, 0.2) is 5.78 Å². The van der Waals surface area contributed by atoms with Crippen LogP contribution in [0.1, 0.15) is 51.2 Å². The molecular weight excluding hydrogens is 482 g/mol. The lowest BCUT2D eigenvalue weighted by Gasteiger charge is -2.12. The first-order valence-electron chi connectivity index (χ1n) is 11.3. The average Bonchev–Trinajstić information content (AvgIpc) is 3.33. The molecule has 2 heterocycles. The molecule has 10 heteroatoms. The molecule has 1 aliphatic rings. The Morgan fingerprint density at radius 2 is 1.75 bits per heavy atom. The Morgan fingerprint density at radius 1 is 1.11 bits per heavy atom. The van der Waals surface area contributed by atoms with Crippen molar-refractivity contribution in [2.45, 2.75) is 34.1 Å². The fraction of sp³-hybridized carbons (Fsp3) is 0.308. The zero-order chi connectivity index (χ0) is 26.4. The number of Topliss-reactive ketones (excluding diaryl/α,β-unsaturated/α-hetero) is 1. The van der Waals surface area contributed by atoms with Crippen LogP contribution in [0.5, 0.6) is 0 Å². The predicted octanol–water partition coefficient (Wildman–Crippen LogP) is 4.01. The minimum Gasteiger partial charge on any atom is -0.462 e. The van der Waals surface area contributed by atoms with Crippen LogP contribution in [0, 0.1) is 24.2 Å². The van der Waals surface area contributed by atoms with Crippen molar-refractivity contribution in [3.8, 4) is 6.07 Å². The summed E-state index contributed by atoms with van der Waals surface area (Å²) in [6.07, 6.45) is 0.973. The van der Waals surface area contributed by atoms with Gasteiger partial charge < -0.3 is 9.47 Å². The van der Waals surface area contributed by atoms with Crippen LogP contribution in [-0.2, 0) is 25.5 Å². The molecule has 1 aromatic carbocycles. The third-order valence-electron chi connectivity index (χ3n) is 5.42. The summed E-state index contributed by atoms with van der Waals surface area (Å²) in [7, 11) is 0. The lowest BCUT2D eigenvalue weighted by atomic mass is 9.97. The van der Waals surface area contributed by atoms with Gasteiger partial charge in [0.05, 0.1) is 41.7 Å². The fourth-order valence-corrected chi connectivity index (χ4v) is 4.87. The van der Waals surface area contributed by atoms with Crippen LogP contribution in [0.4, 0.5) is 5.69 Å². The number of ether oxygens (including phenoxy) is 2. The van der Waals surface area contributed by atoms with Crippen molar-refractivity contribution in [1.82, 2.24) is 0 Å². The Hall–Kier alpha value is -4.10. The Morgan fingerprint density at radius 3 is 2.36 bits per heavy atom. The Labute approximate surface area is 212 Å². The highest BCUT2D eigenvalue weighted by atomic mass is 32.1. The second-order valence-electron chi connectivity index (χ2n) is 7.79. The Balaban J connectivity index is 1.91. The SMILES string of the molecule is CCOC(=O)c1sc(CC(=O)C(C#N)=CC2C(=O)N(c3ccccc3)N=C2C)c(C(=O)OCC)c1C. The normalized spacial score (nSPS) is 15.4. The number of thiophene rings is 1.